The molecule has 78 valence electrons. The Hall–Kier alpha value is -1.29. The van der Waals surface area contributed by atoms with Crippen molar-refractivity contribution in [3.05, 3.63) is 29.8 Å². The number of anilines is 1. The van der Waals surface area contributed by atoms with Crippen molar-refractivity contribution in [2.75, 3.05) is 5.73 Å². The van der Waals surface area contributed by atoms with E-state index in [1.165, 1.54) is 0 Å². The van der Waals surface area contributed by atoms with E-state index in [1.807, 2.05) is 0 Å². The lowest BCUT2D eigenvalue weighted by molar-refractivity contribution is -0.142. The highest BCUT2D eigenvalue weighted by atomic mass is 35.5. The molecule has 1 rings (SSSR count). The standard InChI is InChI=1S/C9H10FNO2.ClH/c10-8(9(12)13)5-6-1-3-7(11)4-2-6;/h1-4,8H,5,11H2,(H,12,13);1H. The van der Waals surface area contributed by atoms with Gasteiger partial charge in [0.2, 0.25) is 6.17 Å². The molecular weight excluding hydrogens is 209 g/mol. The first kappa shape index (κ1) is 12.7. The smallest absolute Gasteiger partial charge is 0.338 e. The Kier molecular flexibility index (Phi) is 4.94. The van der Waals surface area contributed by atoms with E-state index in [-0.39, 0.29) is 18.8 Å². The third kappa shape index (κ3) is 3.62. The summed E-state index contributed by atoms with van der Waals surface area (Å²) in [7, 11) is 0. The van der Waals surface area contributed by atoms with E-state index in [1.54, 1.807) is 24.3 Å². The van der Waals surface area contributed by atoms with Crippen LogP contribution in [0.3, 0.4) is 0 Å². The summed E-state index contributed by atoms with van der Waals surface area (Å²) in [6.45, 7) is 0. The number of nitrogens with two attached hydrogens (primary N) is 1. The van der Waals surface area contributed by atoms with Crippen molar-refractivity contribution in [3.63, 3.8) is 0 Å². The zero-order chi connectivity index (χ0) is 9.84. The molecule has 0 heterocycles. The predicted octanol–water partition coefficient (Wildman–Crippen LogP) is 1.66. The Morgan fingerprint density at radius 3 is 2.36 bits per heavy atom. The third-order valence-corrected chi connectivity index (χ3v) is 1.66. The number of alkyl halides is 1. The first-order chi connectivity index (χ1) is 6.09. The summed E-state index contributed by atoms with van der Waals surface area (Å²) in [5, 5.41) is 8.30. The van der Waals surface area contributed by atoms with Gasteiger partial charge in [0.15, 0.2) is 0 Å². The minimum absolute atomic E-state index is 0. The van der Waals surface area contributed by atoms with E-state index in [9.17, 15) is 9.18 Å². The van der Waals surface area contributed by atoms with Crippen LogP contribution in [0.1, 0.15) is 5.56 Å². The van der Waals surface area contributed by atoms with Crippen LogP contribution in [-0.4, -0.2) is 17.2 Å². The molecule has 0 saturated carbocycles. The number of aliphatic carboxylic acids is 1. The maximum atomic E-state index is 12.7. The molecule has 14 heavy (non-hydrogen) atoms. The number of carboxylic acid groups (broad SMARTS) is 1. The quantitative estimate of drug-likeness (QED) is 0.760. The maximum Gasteiger partial charge on any atom is 0.338 e. The Morgan fingerprint density at radius 2 is 1.93 bits per heavy atom. The van der Waals surface area contributed by atoms with Crippen LogP contribution < -0.4 is 5.73 Å². The van der Waals surface area contributed by atoms with Gasteiger partial charge in [0.05, 0.1) is 0 Å². The Labute approximate surface area is 87.1 Å². The lowest BCUT2D eigenvalue weighted by atomic mass is 10.1. The van der Waals surface area contributed by atoms with Gasteiger partial charge in [0, 0.05) is 12.1 Å². The van der Waals surface area contributed by atoms with Gasteiger partial charge in [0.1, 0.15) is 0 Å². The highest BCUT2D eigenvalue weighted by Crippen LogP contribution is 2.09. The van der Waals surface area contributed by atoms with Crippen molar-refractivity contribution in [2.45, 2.75) is 12.6 Å². The summed E-state index contributed by atoms with van der Waals surface area (Å²) >= 11 is 0. The van der Waals surface area contributed by atoms with Crippen molar-refractivity contribution in [2.24, 2.45) is 0 Å². The molecule has 1 aromatic rings. The van der Waals surface area contributed by atoms with Gasteiger partial charge in [-0.25, -0.2) is 9.18 Å². The van der Waals surface area contributed by atoms with Gasteiger partial charge in [-0.3, -0.25) is 0 Å². The van der Waals surface area contributed by atoms with Gasteiger partial charge in [-0.05, 0) is 17.7 Å². The summed E-state index contributed by atoms with van der Waals surface area (Å²) in [6, 6.07) is 6.46. The van der Waals surface area contributed by atoms with Gasteiger partial charge in [-0.1, -0.05) is 12.1 Å². The molecule has 0 radical (unpaired) electrons. The molecule has 1 unspecified atom stereocenters. The molecule has 0 spiro atoms. The molecule has 0 aliphatic heterocycles. The van der Waals surface area contributed by atoms with E-state index in [4.69, 9.17) is 10.8 Å². The second-order valence-electron chi connectivity index (χ2n) is 2.75. The fraction of sp³-hybridized carbons (Fsp3) is 0.222. The summed E-state index contributed by atoms with van der Waals surface area (Å²) in [5.74, 6) is -1.43. The molecule has 3 N–H and O–H groups in total. The van der Waals surface area contributed by atoms with E-state index < -0.39 is 12.1 Å². The highest BCUT2D eigenvalue weighted by molar-refractivity contribution is 5.85. The molecule has 3 nitrogen and oxygen atoms in total. The van der Waals surface area contributed by atoms with E-state index in [0.717, 1.165) is 0 Å². The lowest BCUT2D eigenvalue weighted by Crippen LogP contribution is -2.17. The zero-order valence-electron chi connectivity index (χ0n) is 7.31. The van der Waals surface area contributed by atoms with Crippen molar-refractivity contribution < 1.29 is 14.3 Å². The fourth-order valence-electron chi connectivity index (χ4n) is 0.948. The fourth-order valence-corrected chi connectivity index (χ4v) is 0.948. The van der Waals surface area contributed by atoms with Gasteiger partial charge >= 0.3 is 5.97 Å². The molecule has 0 amide bonds. The number of rotatable bonds is 3. The number of hydrogen-bond donors (Lipinski definition) is 2. The van der Waals surface area contributed by atoms with Crippen LogP contribution in [0, 0.1) is 0 Å². The van der Waals surface area contributed by atoms with Crippen LogP contribution in [0.15, 0.2) is 24.3 Å². The van der Waals surface area contributed by atoms with Crippen LogP contribution in [0.5, 0.6) is 0 Å². The third-order valence-electron chi connectivity index (χ3n) is 1.66. The number of carbonyl (C=O) groups is 1. The Bertz CT molecular complexity index is 302. The first-order valence-electron chi connectivity index (χ1n) is 3.81. The van der Waals surface area contributed by atoms with Gasteiger partial charge in [-0.15, -0.1) is 12.4 Å². The molecule has 1 aromatic carbocycles. The summed E-state index contributed by atoms with van der Waals surface area (Å²) in [6.07, 6.45) is -1.96. The number of benzene rings is 1. The minimum atomic E-state index is -1.84. The van der Waals surface area contributed by atoms with E-state index in [0.29, 0.717) is 11.3 Å². The average Bonchev–Trinajstić information content (AvgIpc) is 2.08. The molecule has 0 bridgehead atoms. The van der Waals surface area contributed by atoms with E-state index in [2.05, 4.69) is 0 Å². The number of hydrogen-bond acceptors (Lipinski definition) is 2. The normalized spacial score (nSPS) is 11.5. The van der Waals surface area contributed by atoms with Crippen molar-refractivity contribution >= 4 is 24.1 Å². The van der Waals surface area contributed by atoms with Crippen LogP contribution in [0.25, 0.3) is 0 Å². The van der Waals surface area contributed by atoms with Crippen LogP contribution in [0.2, 0.25) is 0 Å². The SMILES string of the molecule is Cl.Nc1ccc(CC(F)C(=O)O)cc1. The largest absolute Gasteiger partial charge is 0.479 e. The van der Waals surface area contributed by atoms with Gasteiger partial charge < -0.3 is 10.8 Å². The summed E-state index contributed by atoms with van der Waals surface area (Å²) in [5.41, 5.74) is 6.61. The molecule has 0 aliphatic rings. The molecular formula is C9H11ClFNO2. The molecule has 5 heteroatoms. The molecule has 0 aliphatic carbocycles. The number of nitrogen functional groups attached to an aromatic ring is 1. The Morgan fingerprint density at radius 1 is 1.43 bits per heavy atom. The zero-order valence-corrected chi connectivity index (χ0v) is 8.13. The molecule has 0 saturated heterocycles. The van der Waals surface area contributed by atoms with Gasteiger partial charge in [0.25, 0.3) is 0 Å². The predicted molar refractivity (Wildman–Crippen MR) is 54.3 cm³/mol. The van der Waals surface area contributed by atoms with Crippen molar-refractivity contribution in [3.8, 4) is 0 Å². The van der Waals surface area contributed by atoms with Crippen LogP contribution in [-0.2, 0) is 11.2 Å². The maximum absolute atomic E-state index is 12.7. The molecule has 1 atom stereocenters. The summed E-state index contributed by atoms with van der Waals surface area (Å²) in [4.78, 5) is 10.2. The van der Waals surface area contributed by atoms with Gasteiger partial charge in [-0.2, -0.15) is 0 Å². The van der Waals surface area contributed by atoms with Crippen molar-refractivity contribution in [1.29, 1.82) is 0 Å². The second kappa shape index (κ2) is 5.44. The van der Waals surface area contributed by atoms with Crippen LogP contribution >= 0.6 is 12.4 Å². The first-order valence-corrected chi connectivity index (χ1v) is 3.81. The molecule has 0 aromatic heterocycles. The monoisotopic (exact) mass is 219 g/mol. The van der Waals surface area contributed by atoms with Crippen molar-refractivity contribution in [1.82, 2.24) is 0 Å². The minimum Gasteiger partial charge on any atom is -0.479 e. The molecule has 0 fully saturated rings. The number of carboxylic acids is 1. The average molecular weight is 220 g/mol. The summed E-state index contributed by atoms with van der Waals surface area (Å²) < 4.78 is 12.7. The van der Waals surface area contributed by atoms with Crippen LogP contribution in [0.4, 0.5) is 10.1 Å². The second-order valence-corrected chi connectivity index (χ2v) is 2.75. The topological polar surface area (TPSA) is 63.3 Å². The highest BCUT2D eigenvalue weighted by Gasteiger charge is 2.15. The van der Waals surface area contributed by atoms with E-state index >= 15 is 0 Å². The lowest BCUT2D eigenvalue weighted by Gasteiger charge is -2.02. The Balaban J connectivity index is 0.00000169. The number of halogens is 2.